The van der Waals surface area contributed by atoms with Crippen molar-refractivity contribution in [3.05, 3.63) is 23.5 Å². The summed E-state index contributed by atoms with van der Waals surface area (Å²) in [7, 11) is 0. The summed E-state index contributed by atoms with van der Waals surface area (Å²) < 4.78 is 1.93. The molecule has 18 heavy (non-hydrogen) atoms. The number of fused-ring (bicyclic) bond motifs is 1. The average molecular weight is 264 g/mol. The second-order valence-electron chi connectivity index (χ2n) is 4.81. The average Bonchev–Trinajstić information content (AvgIpc) is 2.99. The van der Waals surface area contributed by atoms with E-state index >= 15 is 0 Å². The third kappa shape index (κ3) is 2.54. The first-order chi connectivity index (χ1) is 8.72. The Morgan fingerprint density at radius 1 is 1.67 bits per heavy atom. The maximum absolute atomic E-state index is 11.7. The van der Waals surface area contributed by atoms with Crippen molar-refractivity contribution in [2.75, 3.05) is 6.54 Å². The molecule has 0 saturated heterocycles. The number of hydrogen-bond donors (Lipinski definition) is 2. The first-order valence-corrected chi connectivity index (χ1v) is 7.03. The van der Waals surface area contributed by atoms with Gasteiger partial charge in [-0.25, -0.2) is 4.98 Å². The zero-order valence-electron chi connectivity index (χ0n) is 10.0. The maximum atomic E-state index is 11.7. The molecule has 1 aliphatic rings. The van der Waals surface area contributed by atoms with Crippen molar-refractivity contribution in [2.45, 2.75) is 25.3 Å². The van der Waals surface area contributed by atoms with E-state index in [1.165, 1.54) is 12.8 Å². The SMILES string of the molecule is NC(CNC(=O)Cc1cn2ccsc2n1)C1CC1. The zero-order valence-corrected chi connectivity index (χ0v) is 10.8. The van der Waals surface area contributed by atoms with Crippen LogP contribution >= 0.6 is 11.3 Å². The summed E-state index contributed by atoms with van der Waals surface area (Å²) in [5, 5.41) is 4.85. The van der Waals surface area contributed by atoms with Crippen LogP contribution < -0.4 is 11.1 Å². The Morgan fingerprint density at radius 2 is 2.50 bits per heavy atom. The van der Waals surface area contributed by atoms with Gasteiger partial charge in [-0.15, -0.1) is 11.3 Å². The third-order valence-corrected chi connectivity index (χ3v) is 4.02. The van der Waals surface area contributed by atoms with E-state index in [2.05, 4.69) is 10.3 Å². The fraction of sp³-hybridized carbons (Fsp3) is 0.500. The van der Waals surface area contributed by atoms with Gasteiger partial charge in [-0.3, -0.25) is 9.20 Å². The maximum Gasteiger partial charge on any atom is 0.226 e. The van der Waals surface area contributed by atoms with E-state index in [1.54, 1.807) is 11.3 Å². The molecule has 1 saturated carbocycles. The molecule has 0 spiro atoms. The van der Waals surface area contributed by atoms with Crippen molar-refractivity contribution < 1.29 is 4.79 Å². The molecule has 96 valence electrons. The number of hydrogen-bond acceptors (Lipinski definition) is 4. The Kier molecular flexibility index (Phi) is 3.05. The summed E-state index contributed by atoms with van der Waals surface area (Å²) in [5.74, 6) is 0.611. The van der Waals surface area contributed by atoms with Crippen LogP contribution in [0.5, 0.6) is 0 Å². The number of aromatic nitrogens is 2. The highest BCUT2D eigenvalue weighted by molar-refractivity contribution is 7.15. The van der Waals surface area contributed by atoms with Crippen LogP contribution in [0, 0.1) is 5.92 Å². The smallest absolute Gasteiger partial charge is 0.226 e. The highest BCUT2D eigenvalue weighted by Crippen LogP contribution is 2.31. The number of nitrogens with zero attached hydrogens (tertiary/aromatic N) is 2. The van der Waals surface area contributed by atoms with Crippen LogP contribution in [0.2, 0.25) is 0 Å². The molecule has 1 aliphatic carbocycles. The van der Waals surface area contributed by atoms with Crippen LogP contribution in [0.3, 0.4) is 0 Å². The molecule has 3 N–H and O–H groups in total. The van der Waals surface area contributed by atoms with Crippen LogP contribution in [0.1, 0.15) is 18.5 Å². The number of rotatable bonds is 5. The van der Waals surface area contributed by atoms with Gasteiger partial charge in [-0.1, -0.05) is 0 Å². The third-order valence-electron chi connectivity index (χ3n) is 3.25. The number of nitrogens with two attached hydrogens (primary N) is 1. The van der Waals surface area contributed by atoms with Gasteiger partial charge < -0.3 is 11.1 Å². The quantitative estimate of drug-likeness (QED) is 0.838. The predicted octanol–water partition coefficient (Wildman–Crippen LogP) is 0.792. The van der Waals surface area contributed by atoms with E-state index in [4.69, 9.17) is 5.73 Å². The predicted molar refractivity (Wildman–Crippen MR) is 70.5 cm³/mol. The van der Waals surface area contributed by atoms with Gasteiger partial charge in [0.2, 0.25) is 5.91 Å². The van der Waals surface area contributed by atoms with Gasteiger partial charge >= 0.3 is 0 Å². The summed E-state index contributed by atoms with van der Waals surface area (Å²) in [4.78, 5) is 17.0. The number of carbonyl (C=O) groups excluding carboxylic acids is 1. The van der Waals surface area contributed by atoms with Crippen LogP contribution in [-0.4, -0.2) is 27.9 Å². The number of nitrogens with one attached hydrogen (secondary N) is 1. The van der Waals surface area contributed by atoms with E-state index in [-0.39, 0.29) is 11.9 Å². The van der Waals surface area contributed by atoms with Gasteiger partial charge in [0, 0.05) is 30.4 Å². The van der Waals surface area contributed by atoms with E-state index in [0.717, 1.165) is 10.7 Å². The number of amides is 1. The Balaban J connectivity index is 1.52. The fourth-order valence-corrected chi connectivity index (χ4v) is 2.73. The minimum Gasteiger partial charge on any atom is -0.354 e. The van der Waals surface area contributed by atoms with Crippen LogP contribution in [0.4, 0.5) is 0 Å². The summed E-state index contributed by atoms with van der Waals surface area (Å²) in [5.41, 5.74) is 6.74. The molecule has 2 heterocycles. The van der Waals surface area contributed by atoms with Gasteiger partial charge in [-0.05, 0) is 18.8 Å². The number of carbonyl (C=O) groups is 1. The van der Waals surface area contributed by atoms with E-state index in [1.807, 2.05) is 22.2 Å². The van der Waals surface area contributed by atoms with E-state index in [0.29, 0.717) is 18.9 Å². The molecule has 0 radical (unpaired) electrons. The Labute approximate surface area is 109 Å². The summed E-state index contributed by atoms with van der Waals surface area (Å²) in [6.07, 6.45) is 6.57. The molecule has 3 rings (SSSR count). The fourth-order valence-electron chi connectivity index (χ4n) is 2.01. The van der Waals surface area contributed by atoms with E-state index < -0.39 is 0 Å². The first-order valence-electron chi connectivity index (χ1n) is 6.16. The van der Waals surface area contributed by atoms with Gasteiger partial charge in [-0.2, -0.15) is 0 Å². The number of imidazole rings is 1. The highest BCUT2D eigenvalue weighted by Gasteiger charge is 2.28. The molecule has 2 aromatic rings. The minimum absolute atomic E-state index is 0.00291. The molecule has 5 nitrogen and oxygen atoms in total. The number of thiazole rings is 1. The Morgan fingerprint density at radius 3 is 3.22 bits per heavy atom. The monoisotopic (exact) mass is 264 g/mol. The summed E-state index contributed by atoms with van der Waals surface area (Å²) in [6.45, 7) is 0.575. The van der Waals surface area contributed by atoms with Gasteiger partial charge in [0.1, 0.15) is 0 Å². The lowest BCUT2D eigenvalue weighted by molar-refractivity contribution is -0.120. The molecule has 0 bridgehead atoms. The molecule has 6 heteroatoms. The van der Waals surface area contributed by atoms with Crippen LogP contribution in [0.15, 0.2) is 17.8 Å². The lowest BCUT2D eigenvalue weighted by atomic mass is 10.2. The largest absolute Gasteiger partial charge is 0.354 e. The molecular formula is C12H16N4OS. The molecular weight excluding hydrogens is 248 g/mol. The first kappa shape index (κ1) is 11.7. The van der Waals surface area contributed by atoms with Crippen molar-refractivity contribution in [3.8, 4) is 0 Å². The highest BCUT2D eigenvalue weighted by atomic mass is 32.1. The van der Waals surface area contributed by atoms with Gasteiger partial charge in [0.05, 0.1) is 12.1 Å². The lowest BCUT2D eigenvalue weighted by Gasteiger charge is -2.10. The van der Waals surface area contributed by atoms with Crippen molar-refractivity contribution in [1.82, 2.24) is 14.7 Å². The summed E-state index contributed by atoms with van der Waals surface area (Å²) in [6, 6.07) is 0.111. The van der Waals surface area contributed by atoms with Gasteiger partial charge in [0.15, 0.2) is 4.96 Å². The minimum atomic E-state index is -0.00291. The Bertz CT molecular complexity index is 529. The van der Waals surface area contributed by atoms with Crippen LogP contribution in [-0.2, 0) is 11.2 Å². The van der Waals surface area contributed by atoms with Crippen molar-refractivity contribution in [1.29, 1.82) is 0 Å². The molecule has 0 aliphatic heterocycles. The molecule has 1 unspecified atom stereocenters. The van der Waals surface area contributed by atoms with Crippen molar-refractivity contribution in [3.63, 3.8) is 0 Å². The molecule has 0 aromatic carbocycles. The Hall–Kier alpha value is -1.40. The van der Waals surface area contributed by atoms with Crippen molar-refractivity contribution >= 4 is 22.2 Å². The molecule has 2 aromatic heterocycles. The topological polar surface area (TPSA) is 72.4 Å². The van der Waals surface area contributed by atoms with Gasteiger partial charge in [0.25, 0.3) is 0 Å². The molecule has 1 fully saturated rings. The zero-order chi connectivity index (χ0) is 12.5. The second kappa shape index (κ2) is 4.70. The molecule has 1 amide bonds. The van der Waals surface area contributed by atoms with Crippen LogP contribution in [0.25, 0.3) is 4.96 Å². The molecule has 1 atom stereocenters. The lowest BCUT2D eigenvalue weighted by Crippen LogP contribution is -2.39. The van der Waals surface area contributed by atoms with E-state index in [9.17, 15) is 4.79 Å². The second-order valence-corrected chi connectivity index (χ2v) is 5.68. The standard InChI is InChI=1S/C12H16N4OS/c13-10(8-1-2-8)6-14-11(17)5-9-7-16-3-4-18-12(16)15-9/h3-4,7-8,10H,1-2,5-6,13H2,(H,14,17). The van der Waals surface area contributed by atoms with Crippen molar-refractivity contribution in [2.24, 2.45) is 11.7 Å². The summed E-state index contributed by atoms with van der Waals surface area (Å²) >= 11 is 1.57. The normalized spacial score (nSPS) is 16.9.